The summed E-state index contributed by atoms with van der Waals surface area (Å²) in [7, 11) is 1.60. The molecule has 0 aliphatic carbocycles. The molecule has 0 radical (unpaired) electrons. The lowest BCUT2D eigenvalue weighted by Crippen LogP contribution is -2.43. The van der Waals surface area contributed by atoms with Gasteiger partial charge in [-0.1, -0.05) is 47.2 Å². The first-order valence-corrected chi connectivity index (χ1v) is 12.5. The van der Waals surface area contributed by atoms with Gasteiger partial charge in [0.1, 0.15) is 5.75 Å². The number of aromatic nitrogens is 1. The number of fused-ring (bicyclic) bond motifs is 2. The van der Waals surface area contributed by atoms with E-state index in [1.165, 1.54) is 11.3 Å². The molecule has 0 unspecified atom stereocenters. The predicted octanol–water partition coefficient (Wildman–Crippen LogP) is 5.82. The van der Waals surface area contributed by atoms with Crippen molar-refractivity contribution in [2.45, 2.75) is 6.92 Å². The first kappa shape index (κ1) is 25.7. The van der Waals surface area contributed by atoms with Crippen molar-refractivity contribution in [3.05, 3.63) is 64.7 Å². The molecule has 1 aliphatic heterocycles. The summed E-state index contributed by atoms with van der Waals surface area (Å²) in [6.07, 6.45) is 0. The highest BCUT2D eigenvalue weighted by atomic mass is 35.5. The fourth-order valence-corrected chi connectivity index (χ4v) is 5.75. The number of thiazole rings is 1. The summed E-state index contributed by atoms with van der Waals surface area (Å²) in [5, 5.41) is 3.35. The van der Waals surface area contributed by atoms with Gasteiger partial charge in [-0.15, -0.1) is 12.4 Å². The fourth-order valence-electron chi connectivity index (χ4n) is 4.31. The Labute approximate surface area is 219 Å². The van der Waals surface area contributed by atoms with E-state index in [-0.39, 0.29) is 18.3 Å². The Hall–Kier alpha value is -2.42. The molecule has 1 fully saturated rings. The molecule has 0 N–H and O–H groups in total. The minimum Gasteiger partial charge on any atom is -0.496 e. The van der Waals surface area contributed by atoms with Crippen LogP contribution in [0.5, 0.6) is 5.75 Å². The molecule has 35 heavy (non-hydrogen) atoms. The number of hydrogen-bond acceptors (Lipinski definition) is 6. The number of benzene rings is 3. The normalized spacial score (nSPS) is 14.1. The Kier molecular flexibility index (Phi) is 8.14. The number of rotatable bonds is 6. The van der Waals surface area contributed by atoms with Gasteiger partial charge in [-0.05, 0) is 47.5 Å². The molecule has 5 rings (SSSR count). The van der Waals surface area contributed by atoms with Crippen LogP contribution in [0.15, 0.2) is 48.5 Å². The van der Waals surface area contributed by atoms with Gasteiger partial charge in [0.2, 0.25) is 0 Å². The molecule has 0 spiro atoms. The van der Waals surface area contributed by atoms with E-state index in [9.17, 15) is 4.79 Å². The van der Waals surface area contributed by atoms with E-state index in [2.05, 4.69) is 4.90 Å². The Morgan fingerprint density at radius 3 is 2.60 bits per heavy atom. The average molecular weight is 532 g/mol. The van der Waals surface area contributed by atoms with Crippen molar-refractivity contribution in [3.63, 3.8) is 0 Å². The highest BCUT2D eigenvalue weighted by Gasteiger charge is 2.26. The summed E-state index contributed by atoms with van der Waals surface area (Å²) in [4.78, 5) is 23.0. The molecule has 1 amide bonds. The number of morpholine rings is 1. The maximum absolute atomic E-state index is 14.0. The van der Waals surface area contributed by atoms with Gasteiger partial charge < -0.3 is 9.47 Å². The quantitative estimate of drug-likeness (QED) is 0.313. The lowest BCUT2D eigenvalue weighted by atomic mass is 10.0. The number of methoxy groups -OCH3 is 1. The minimum absolute atomic E-state index is 0. The molecule has 3 aromatic carbocycles. The van der Waals surface area contributed by atoms with Crippen LogP contribution in [-0.2, 0) is 4.74 Å². The zero-order valence-corrected chi connectivity index (χ0v) is 22.0. The number of halogens is 2. The van der Waals surface area contributed by atoms with Gasteiger partial charge in [-0.2, -0.15) is 0 Å². The first-order valence-electron chi connectivity index (χ1n) is 11.3. The van der Waals surface area contributed by atoms with Crippen LogP contribution in [0.4, 0.5) is 5.13 Å². The Balaban J connectivity index is 0.00000289. The summed E-state index contributed by atoms with van der Waals surface area (Å²) in [5.74, 6) is 0.430. The molecule has 0 atom stereocenters. The van der Waals surface area contributed by atoms with Crippen LogP contribution in [0, 0.1) is 6.92 Å². The van der Waals surface area contributed by atoms with Gasteiger partial charge in [0.25, 0.3) is 5.91 Å². The minimum atomic E-state index is -0.126. The lowest BCUT2D eigenvalue weighted by molar-refractivity contribution is 0.0391. The third-order valence-electron chi connectivity index (χ3n) is 6.16. The van der Waals surface area contributed by atoms with Gasteiger partial charge in [0, 0.05) is 31.2 Å². The number of amides is 1. The van der Waals surface area contributed by atoms with E-state index in [1.54, 1.807) is 12.0 Å². The van der Waals surface area contributed by atoms with Crippen molar-refractivity contribution < 1.29 is 14.3 Å². The first-order chi connectivity index (χ1) is 16.5. The molecule has 0 saturated carbocycles. The van der Waals surface area contributed by atoms with Crippen molar-refractivity contribution in [1.29, 1.82) is 0 Å². The smallest absolute Gasteiger partial charge is 0.263 e. The molecule has 184 valence electrons. The van der Waals surface area contributed by atoms with Crippen LogP contribution in [0.3, 0.4) is 0 Å². The molecule has 6 nitrogen and oxygen atoms in total. The van der Waals surface area contributed by atoms with Crippen molar-refractivity contribution in [2.75, 3.05) is 51.4 Å². The molecule has 0 bridgehead atoms. The molecule has 1 aliphatic rings. The average Bonchev–Trinajstić information content (AvgIpc) is 3.28. The van der Waals surface area contributed by atoms with Gasteiger partial charge >= 0.3 is 0 Å². The number of hydrogen-bond donors (Lipinski definition) is 0. The molecule has 2 heterocycles. The number of aryl methyl sites for hydroxylation is 1. The molecule has 1 saturated heterocycles. The van der Waals surface area contributed by atoms with Gasteiger partial charge in [0.05, 0.1) is 36.1 Å². The van der Waals surface area contributed by atoms with Crippen molar-refractivity contribution >= 4 is 67.4 Å². The van der Waals surface area contributed by atoms with Gasteiger partial charge in [-0.3, -0.25) is 14.6 Å². The third kappa shape index (κ3) is 5.39. The third-order valence-corrected chi connectivity index (χ3v) is 7.40. The van der Waals surface area contributed by atoms with E-state index in [0.717, 1.165) is 46.2 Å². The number of anilines is 1. The summed E-state index contributed by atoms with van der Waals surface area (Å²) in [6.45, 7) is 6.38. The maximum atomic E-state index is 14.0. The second kappa shape index (κ2) is 11.1. The monoisotopic (exact) mass is 531 g/mol. The zero-order valence-electron chi connectivity index (χ0n) is 19.6. The molecule has 4 aromatic rings. The van der Waals surface area contributed by atoms with Gasteiger partial charge in [-0.25, -0.2) is 4.98 Å². The van der Waals surface area contributed by atoms with E-state index in [0.29, 0.717) is 41.2 Å². The topological polar surface area (TPSA) is 54.9 Å². The number of nitrogens with zero attached hydrogens (tertiary/aromatic N) is 3. The second-order valence-electron chi connectivity index (χ2n) is 8.38. The fraction of sp³-hybridized carbons (Fsp3) is 0.308. The van der Waals surface area contributed by atoms with Crippen LogP contribution in [-0.4, -0.2) is 62.3 Å². The highest BCUT2D eigenvalue weighted by Crippen LogP contribution is 2.35. The number of carbonyl (C=O) groups excluding carboxylic acids is 1. The van der Waals surface area contributed by atoms with Crippen molar-refractivity contribution in [3.8, 4) is 5.75 Å². The Bertz CT molecular complexity index is 1350. The highest BCUT2D eigenvalue weighted by molar-refractivity contribution is 7.22. The van der Waals surface area contributed by atoms with E-state index < -0.39 is 0 Å². The molecular formula is C26H27Cl2N3O3S. The summed E-state index contributed by atoms with van der Waals surface area (Å²) >= 11 is 7.78. The Morgan fingerprint density at radius 2 is 1.89 bits per heavy atom. The van der Waals surface area contributed by atoms with Crippen LogP contribution in [0.1, 0.15) is 15.9 Å². The zero-order chi connectivity index (χ0) is 23.7. The van der Waals surface area contributed by atoms with Gasteiger partial charge in [0.15, 0.2) is 5.13 Å². The van der Waals surface area contributed by atoms with Crippen LogP contribution < -0.4 is 9.64 Å². The van der Waals surface area contributed by atoms with E-state index in [4.69, 9.17) is 26.1 Å². The standard InChI is InChI=1S/C26H26ClN3O3S.ClH/c1-17-13-20(27)16-23-24(17)28-26(34-23)30(8-7-29-9-11-33-12-10-29)25(31)21-14-18-5-3-4-6-19(18)15-22(21)32-2;/h3-6,13-16H,7-12H2,1-2H3;1H. The largest absolute Gasteiger partial charge is 0.496 e. The van der Waals surface area contributed by atoms with Crippen LogP contribution in [0.25, 0.3) is 21.0 Å². The number of carbonyl (C=O) groups is 1. The summed E-state index contributed by atoms with van der Waals surface area (Å²) < 4.78 is 12.1. The molecule has 9 heteroatoms. The SMILES string of the molecule is COc1cc2ccccc2cc1C(=O)N(CCN1CCOCC1)c1nc2c(C)cc(Cl)cc2s1.Cl. The van der Waals surface area contributed by atoms with Crippen molar-refractivity contribution in [1.82, 2.24) is 9.88 Å². The summed E-state index contributed by atoms with van der Waals surface area (Å²) in [6, 6.07) is 15.6. The Morgan fingerprint density at radius 1 is 1.17 bits per heavy atom. The predicted molar refractivity (Wildman–Crippen MR) is 146 cm³/mol. The second-order valence-corrected chi connectivity index (χ2v) is 9.82. The molecular weight excluding hydrogens is 505 g/mol. The van der Waals surface area contributed by atoms with Crippen molar-refractivity contribution in [2.24, 2.45) is 0 Å². The van der Waals surface area contributed by atoms with Crippen LogP contribution >= 0.6 is 35.3 Å². The van der Waals surface area contributed by atoms with E-state index >= 15 is 0 Å². The number of ether oxygens (including phenoxy) is 2. The molecule has 1 aromatic heterocycles. The van der Waals surface area contributed by atoms with E-state index in [1.807, 2.05) is 55.5 Å². The van der Waals surface area contributed by atoms with Crippen LogP contribution in [0.2, 0.25) is 5.02 Å². The maximum Gasteiger partial charge on any atom is 0.263 e. The summed E-state index contributed by atoms with van der Waals surface area (Å²) in [5.41, 5.74) is 2.39. The lowest BCUT2D eigenvalue weighted by Gasteiger charge is -2.29.